The monoisotopic (exact) mass is 234 g/mol. The number of hydrogen-bond acceptors (Lipinski definition) is 1. The minimum Gasteiger partial charge on any atom is -0.358 e. The van der Waals surface area contributed by atoms with Crippen LogP contribution in [-0.4, -0.2) is 4.98 Å². The number of hydrogen-bond donors (Lipinski definition) is 1. The summed E-state index contributed by atoms with van der Waals surface area (Å²) < 4.78 is 13.0. The molecule has 0 unspecified atom stereocenters. The summed E-state index contributed by atoms with van der Waals surface area (Å²) in [4.78, 5) is 3.05. The highest BCUT2D eigenvalue weighted by molar-refractivity contribution is 6.31. The summed E-state index contributed by atoms with van der Waals surface area (Å²) in [6, 6.07) is 8.25. The first-order valence-electron chi connectivity index (χ1n) is 4.67. The van der Waals surface area contributed by atoms with Crippen molar-refractivity contribution < 1.29 is 4.39 Å². The average molecular weight is 235 g/mol. The lowest BCUT2D eigenvalue weighted by Crippen LogP contribution is -1.81. The van der Waals surface area contributed by atoms with Gasteiger partial charge in [0.1, 0.15) is 11.9 Å². The molecule has 1 aromatic heterocycles. The smallest absolute Gasteiger partial charge is 0.141 e. The van der Waals surface area contributed by atoms with Crippen LogP contribution in [-0.2, 0) is 0 Å². The van der Waals surface area contributed by atoms with E-state index in [1.165, 1.54) is 12.1 Å². The van der Waals surface area contributed by atoms with E-state index in [0.717, 1.165) is 17.0 Å². The molecule has 0 spiro atoms. The normalized spacial score (nSPS) is 10.1. The van der Waals surface area contributed by atoms with Crippen LogP contribution in [0.15, 0.2) is 24.3 Å². The molecule has 0 amide bonds. The lowest BCUT2D eigenvalue weighted by molar-refractivity contribution is 0.628. The minimum atomic E-state index is -0.450. The summed E-state index contributed by atoms with van der Waals surface area (Å²) in [5.41, 5.74) is 2.89. The number of aromatic amines is 1. The molecule has 0 bridgehead atoms. The van der Waals surface area contributed by atoms with Crippen molar-refractivity contribution in [3.63, 3.8) is 0 Å². The first-order valence-corrected chi connectivity index (χ1v) is 5.04. The summed E-state index contributed by atoms with van der Waals surface area (Å²) >= 11 is 5.69. The molecule has 2 rings (SSSR count). The van der Waals surface area contributed by atoms with Crippen LogP contribution in [0.25, 0.3) is 11.3 Å². The third-order valence-electron chi connectivity index (χ3n) is 2.37. The van der Waals surface area contributed by atoms with E-state index in [4.69, 9.17) is 16.9 Å². The molecule has 1 aromatic carbocycles. The molecule has 2 nitrogen and oxygen atoms in total. The Morgan fingerprint density at radius 3 is 2.69 bits per heavy atom. The molecule has 1 heterocycles. The molecule has 0 fully saturated rings. The van der Waals surface area contributed by atoms with E-state index in [-0.39, 0.29) is 5.02 Å². The zero-order valence-corrected chi connectivity index (χ0v) is 9.27. The molecule has 16 heavy (non-hydrogen) atoms. The highest BCUT2D eigenvalue weighted by Gasteiger charge is 2.07. The highest BCUT2D eigenvalue weighted by atomic mass is 35.5. The van der Waals surface area contributed by atoms with Crippen molar-refractivity contribution in [1.29, 1.82) is 5.26 Å². The molecule has 4 heteroatoms. The maximum atomic E-state index is 13.0. The second-order valence-corrected chi connectivity index (χ2v) is 3.87. The zero-order chi connectivity index (χ0) is 11.7. The van der Waals surface area contributed by atoms with Crippen molar-refractivity contribution in [3.8, 4) is 17.3 Å². The van der Waals surface area contributed by atoms with E-state index in [1.54, 1.807) is 12.1 Å². The molecule has 0 saturated carbocycles. The van der Waals surface area contributed by atoms with Crippen LogP contribution in [0, 0.1) is 24.1 Å². The third kappa shape index (κ3) is 1.80. The van der Waals surface area contributed by atoms with Gasteiger partial charge in [0.15, 0.2) is 0 Å². The molecule has 0 saturated heterocycles. The van der Waals surface area contributed by atoms with Gasteiger partial charge in [-0.1, -0.05) is 11.6 Å². The number of aryl methyl sites for hydroxylation is 1. The standard InChI is InChI=1S/C12H8ClFN2/c1-7-9(6-15)5-12(16-7)8-2-3-11(14)10(13)4-8/h2-5,16H,1H3. The van der Waals surface area contributed by atoms with Crippen LogP contribution >= 0.6 is 11.6 Å². The first kappa shape index (κ1) is 10.7. The van der Waals surface area contributed by atoms with Gasteiger partial charge >= 0.3 is 0 Å². The molecule has 0 aliphatic carbocycles. The molecular formula is C12H8ClFN2. The van der Waals surface area contributed by atoms with Gasteiger partial charge in [-0.2, -0.15) is 5.26 Å². The molecule has 80 valence electrons. The van der Waals surface area contributed by atoms with Crippen molar-refractivity contribution in [2.24, 2.45) is 0 Å². The lowest BCUT2D eigenvalue weighted by atomic mass is 10.1. The zero-order valence-electron chi connectivity index (χ0n) is 8.51. The van der Waals surface area contributed by atoms with Gasteiger partial charge in [0.05, 0.1) is 10.6 Å². The lowest BCUT2D eigenvalue weighted by Gasteiger charge is -1.99. The van der Waals surface area contributed by atoms with Gasteiger partial charge in [0.25, 0.3) is 0 Å². The van der Waals surface area contributed by atoms with Crippen LogP contribution in [0.1, 0.15) is 11.3 Å². The van der Waals surface area contributed by atoms with Crippen molar-refractivity contribution >= 4 is 11.6 Å². The Hall–Kier alpha value is -1.79. The number of nitrogens with zero attached hydrogens (tertiary/aromatic N) is 1. The molecule has 0 aliphatic rings. The Labute approximate surface area is 97.3 Å². The van der Waals surface area contributed by atoms with Gasteiger partial charge in [-0.25, -0.2) is 4.39 Å². The van der Waals surface area contributed by atoms with Gasteiger partial charge in [0.2, 0.25) is 0 Å². The summed E-state index contributed by atoms with van der Waals surface area (Å²) in [5, 5.41) is 8.89. The molecular weight excluding hydrogens is 227 g/mol. The summed E-state index contributed by atoms with van der Waals surface area (Å²) in [7, 11) is 0. The summed E-state index contributed by atoms with van der Waals surface area (Å²) in [5.74, 6) is -0.450. The van der Waals surface area contributed by atoms with Gasteiger partial charge in [-0.05, 0) is 36.8 Å². The van der Waals surface area contributed by atoms with Crippen molar-refractivity contribution in [2.45, 2.75) is 6.92 Å². The topological polar surface area (TPSA) is 39.6 Å². The van der Waals surface area contributed by atoms with Crippen LogP contribution < -0.4 is 0 Å². The minimum absolute atomic E-state index is 0.0725. The van der Waals surface area contributed by atoms with E-state index in [0.29, 0.717) is 5.56 Å². The van der Waals surface area contributed by atoms with Gasteiger partial charge in [-0.3, -0.25) is 0 Å². The summed E-state index contributed by atoms with van der Waals surface area (Å²) in [6.07, 6.45) is 0. The van der Waals surface area contributed by atoms with Crippen LogP contribution in [0.2, 0.25) is 5.02 Å². The van der Waals surface area contributed by atoms with E-state index < -0.39 is 5.82 Å². The first-order chi connectivity index (χ1) is 7.61. The molecule has 0 aliphatic heterocycles. The quantitative estimate of drug-likeness (QED) is 0.804. The maximum absolute atomic E-state index is 13.0. The summed E-state index contributed by atoms with van der Waals surface area (Å²) in [6.45, 7) is 1.81. The Morgan fingerprint density at radius 2 is 2.12 bits per heavy atom. The Balaban J connectivity index is 2.51. The molecule has 0 atom stereocenters. The number of nitrogens with one attached hydrogen (secondary N) is 1. The second-order valence-electron chi connectivity index (χ2n) is 3.46. The van der Waals surface area contributed by atoms with Crippen LogP contribution in [0.5, 0.6) is 0 Å². The van der Waals surface area contributed by atoms with Gasteiger partial charge in [0, 0.05) is 11.4 Å². The number of rotatable bonds is 1. The number of nitriles is 1. The average Bonchev–Trinajstić information content (AvgIpc) is 2.64. The van der Waals surface area contributed by atoms with Crippen molar-refractivity contribution in [1.82, 2.24) is 4.98 Å². The third-order valence-corrected chi connectivity index (χ3v) is 2.66. The number of aromatic nitrogens is 1. The van der Waals surface area contributed by atoms with Gasteiger partial charge < -0.3 is 4.98 Å². The predicted molar refractivity (Wildman–Crippen MR) is 60.6 cm³/mol. The Kier molecular flexibility index (Phi) is 2.67. The maximum Gasteiger partial charge on any atom is 0.141 e. The Morgan fingerprint density at radius 1 is 1.38 bits per heavy atom. The van der Waals surface area contributed by atoms with E-state index >= 15 is 0 Å². The molecule has 0 radical (unpaired) electrons. The van der Waals surface area contributed by atoms with E-state index in [1.807, 2.05) is 6.92 Å². The van der Waals surface area contributed by atoms with Crippen molar-refractivity contribution in [3.05, 3.63) is 46.4 Å². The Bertz CT molecular complexity index is 581. The fourth-order valence-electron chi connectivity index (χ4n) is 1.49. The van der Waals surface area contributed by atoms with Crippen LogP contribution in [0.4, 0.5) is 4.39 Å². The van der Waals surface area contributed by atoms with Crippen molar-refractivity contribution in [2.75, 3.05) is 0 Å². The predicted octanol–water partition coefficient (Wildman–Crippen LogP) is 3.65. The number of halogens is 2. The second kappa shape index (κ2) is 3.99. The molecule has 1 N–H and O–H groups in total. The largest absolute Gasteiger partial charge is 0.358 e. The SMILES string of the molecule is Cc1[nH]c(-c2ccc(F)c(Cl)c2)cc1C#N. The highest BCUT2D eigenvalue weighted by Crippen LogP contribution is 2.25. The van der Waals surface area contributed by atoms with E-state index in [9.17, 15) is 4.39 Å². The number of H-pyrrole nitrogens is 1. The van der Waals surface area contributed by atoms with Crippen LogP contribution in [0.3, 0.4) is 0 Å². The fourth-order valence-corrected chi connectivity index (χ4v) is 1.67. The fraction of sp³-hybridized carbons (Fsp3) is 0.0833. The number of benzene rings is 1. The molecule has 2 aromatic rings. The van der Waals surface area contributed by atoms with E-state index in [2.05, 4.69) is 11.1 Å². The van der Waals surface area contributed by atoms with Gasteiger partial charge in [-0.15, -0.1) is 0 Å².